The summed E-state index contributed by atoms with van der Waals surface area (Å²) in [5, 5.41) is 3.48. The van der Waals surface area contributed by atoms with Gasteiger partial charge in [-0.05, 0) is 25.0 Å². The molecule has 0 aliphatic heterocycles. The molecule has 1 aromatic heterocycles. The lowest BCUT2D eigenvalue weighted by Crippen LogP contribution is -2.16. The molecule has 4 heteroatoms. The standard InChI is InChI=1S/C11H15N3S/c12-11(15)10-7-9(5-6-13-10)14-8-3-1-2-4-8/h5-8H,1-4H2,(H2,12,15)(H,13,14). The predicted octanol–water partition coefficient (Wildman–Crippen LogP) is 2.07. The van der Waals surface area contributed by atoms with Gasteiger partial charge in [-0.1, -0.05) is 25.1 Å². The second kappa shape index (κ2) is 4.57. The number of thiocarbonyl (C=S) groups is 1. The Labute approximate surface area is 95.1 Å². The van der Waals surface area contributed by atoms with Crippen LogP contribution < -0.4 is 11.1 Å². The Morgan fingerprint density at radius 1 is 1.47 bits per heavy atom. The molecule has 0 spiro atoms. The van der Waals surface area contributed by atoms with Gasteiger partial charge in [-0.25, -0.2) is 0 Å². The third-order valence-electron chi connectivity index (χ3n) is 2.74. The monoisotopic (exact) mass is 221 g/mol. The van der Waals surface area contributed by atoms with Crippen LogP contribution >= 0.6 is 12.2 Å². The highest BCUT2D eigenvalue weighted by Crippen LogP contribution is 2.22. The van der Waals surface area contributed by atoms with Crippen molar-refractivity contribution in [1.29, 1.82) is 0 Å². The minimum atomic E-state index is 0.352. The lowest BCUT2D eigenvalue weighted by Gasteiger charge is -2.13. The Bertz CT molecular complexity index is 359. The lowest BCUT2D eigenvalue weighted by atomic mass is 10.2. The van der Waals surface area contributed by atoms with Crippen molar-refractivity contribution in [3.63, 3.8) is 0 Å². The van der Waals surface area contributed by atoms with Crippen LogP contribution in [0.3, 0.4) is 0 Å². The van der Waals surface area contributed by atoms with E-state index in [1.165, 1.54) is 25.7 Å². The Hall–Kier alpha value is -1.16. The second-order valence-electron chi connectivity index (χ2n) is 3.92. The maximum Gasteiger partial charge on any atom is 0.122 e. The van der Waals surface area contributed by atoms with Crippen molar-refractivity contribution in [1.82, 2.24) is 4.98 Å². The molecule has 2 rings (SSSR count). The molecule has 3 nitrogen and oxygen atoms in total. The second-order valence-corrected chi connectivity index (χ2v) is 4.36. The smallest absolute Gasteiger partial charge is 0.122 e. The van der Waals surface area contributed by atoms with Gasteiger partial charge >= 0.3 is 0 Å². The van der Waals surface area contributed by atoms with Crippen molar-refractivity contribution in [2.45, 2.75) is 31.7 Å². The normalized spacial score (nSPS) is 16.5. The van der Waals surface area contributed by atoms with E-state index < -0.39 is 0 Å². The number of aromatic nitrogens is 1. The molecule has 1 aliphatic rings. The van der Waals surface area contributed by atoms with Crippen LogP contribution in [-0.4, -0.2) is 16.0 Å². The summed E-state index contributed by atoms with van der Waals surface area (Å²) in [7, 11) is 0. The van der Waals surface area contributed by atoms with Crippen LogP contribution in [0.15, 0.2) is 18.3 Å². The molecule has 1 aliphatic carbocycles. The first-order chi connectivity index (χ1) is 7.25. The van der Waals surface area contributed by atoms with Gasteiger partial charge in [0.15, 0.2) is 0 Å². The SMILES string of the molecule is NC(=S)c1cc(NC2CCCC2)ccn1. The quantitative estimate of drug-likeness (QED) is 0.767. The Balaban J connectivity index is 2.07. The van der Waals surface area contributed by atoms with Crippen LogP contribution in [0.2, 0.25) is 0 Å². The van der Waals surface area contributed by atoms with Gasteiger partial charge < -0.3 is 11.1 Å². The summed E-state index contributed by atoms with van der Waals surface area (Å²) in [6, 6.07) is 4.48. The van der Waals surface area contributed by atoms with E-state index in [0.717, 1.165) is 5.69 Å². The molecule has 80 valence electrons. The number of pyridine rings is 1. The first kappa shape index (κ1) is 10.4. The molecule has 0 aromatic carbocycles. The van der Waals surface area contributed by atoms with Crippen LogP contribution in [0.25, 0.3) is 0 Å². The van der Waals surface area contributed by atoms with Gasteiger partial charge in [0.05, 0.1) is 5.69 Å². The molecule has 0 bridgehead atoms. The number of anilines is 1. The summed E-state index contributed by atoms with van der Waals surface area (Å²) in [6.45, 7) is 0. The van der Waals surface area contributed by atoms with E-state index in [0.29, 0.717) is 16.7 Å². The van der Waals surface area contributed by atoms with Gasteiger partial charge in [0.2, 0.25) is 0 Å². The Morgan fingerprint density at radius 2 is 2.20 bits per heavy atom. The Morgan fingerprint density at radius 3 is 2.87 bits per heavy atom. The topological polar surface area (TPSA) is 50.9 Å². The van der Waals surface area contributed by atoms with Crippen molar-refractivity contribution in [3.8, 4) is 0 Å². The molecule has 0 amide bonds. The van der Waals surface area contributed by atoms with Crippen LogP contribution in [0.4, 0.5) is 5.69 Å². The fourth-order valence-electron chi connectivity index (χ4n) is 1.96. The minimum absolute atomic E-state index is 0.352. The van der Waals surface area contributed by atoms with Crippen LogP contribution in [-0.2, 0) is 0 Å². The maximum atomic E-state index is 5.53. The molecule has 3 N–H and O–H groups in total. The van der Waals surface area contributed by atoms with E-state index in [2.05, 4.69) is 10.3 Å². The van der Waals surface area contributed by atoms with Gasteiger partial charge in [-0.2, -0.15) is 0 Å². The van der Waals surface area contributed by atoms with E-state index in [-0.39, 0.29) is 0 Å². The van der Waals surface area contributed by atoms with Crippen molar-refractivity contribution in [2.75, 3.05) is 5.32 Å². The van der Waals surface area contributed by atoms with E-state index in [4.69, 9.17) is 18.0 Å². The third kappa shape index (κ3) is 2.65. The Kier molecular flexibility index (Phi) is 3.16. The average molecular weight is 221 g/mol. The fourth-order valence-corrected chi connectivity index (χ4v) is 2.07. The van der Waals surface area contributed by atoms with Gasteiger partial charge in [-0.15, -0.1) is 0 Å². The third-order valence-corrected chi connectivity index (χ3v) is 2.95. The molecule has 1 fully saturated rings. The summed E-state index contributed by atoms with van der Waals surface area (Å²) in [5.74, 6) is 0. The fraction of sp³-hybridized carbons (Fsp3) is 0.455. The first-order valence-electron chi connectivity index (χ1n) is 5.28. The first-order valence-corrected chi connectivity index (χ1v) is 5.69. The largest absolute Gasteiger partial charge is 0.388 e. The number of hydrogen-bond donors (Lipinski definition) is 2. The molecule has 0 unspecified atom stereocenters. The van der Waals surface area contributed by atoms with Crippen molar-refractivity contribution in [2.24, 2.45) is 5.73 Å². The van der Waals surface area contributed by atoms with Crippen molar-refractivity contribution in [3.05, 3.63) is 24.0 Å². The number of nitrogens with one attached hydrogen (secondary N) is 1. The van der Waals surface area contributed by atoms with Gasteiger partial charge in [0.1, 0.15) is 4.99 Å². The van der Waals surface area contributed by atoms with E-state index >= 15 is 0 Å². The predicted molar refractivity (Wildman–Crippen MR) is 66.0 cm³/mol. The highest BCUT2D eigenvalue weighted by atomic mass is 32.1. The molecule has 15 heavy (non-hydrogen) atoms. The summed E-state index contributed by atoms with van der Waals surface area (Å²) >= 11 is 4.89. The van der Waals surface area contributed by atoms with Gasteiger partial charge in [-0.3, -0.25) is 4.98 Å². The van der Waals surface area contributed by atoms with Gasteiger partial charge in [0.25, 0.3) is 0 Å². The zero-order chi connectivity index (χ0) is 10.7. The molecule has 1 aromatic rings. The van der Waals surface area contributed by atoms with E-state index in [1.54, 1.807) is 6.20 Å². The zero-order valence-electron chi connectivity index (χ0n) is 8.57. The summed E-state index contributed by atoms with van der Waals surface area (Å²) < 4.78 is 0. The average Bonchev–Trinajstić information content (AvgIpc) is 2.71. The van der Waals surface area contributed by atoms with E-state index in [9.17, 15) is 0 Å². The van der Waals surface area contributed by atoms with Crippen molar-refractivity contribution >= 4 is 22.9 Å². The number of nitrogens with zero attached hydrogens (tertiary/aromatic N) is 1. The molecule has 1 heterocycles. The number of hydrogen-bond acceptors (Lipinski definition) is 3. The minimum Gasteiger partial charge on any atom is -0.388 e. The summed E-state index contributed by atoms with van der Waals surface area (Å²) in [6.07, 6.45) is 6.90. The number of nitrogens with two attached hydrogens (primary N) is 1. The van der Waals surface area contributed by atoms with Crippen molar-refractivity contribution < 1.29 is 0 Å². The van der Waals surface area contributed by atoms with Gasteiger partial charge in [0, 0.05) is 17.9 Å². The van der Waals surface area contributed by atoms with Crippen LogP contribution in [0.1, 0.15) is 31.4 Å². The lowest BCUT2D eigenvalue weighted by molar-refractivity contribution is 0.755. The van der Waals surface area contributed by atoms with Crippen LogP contribution in [0.5, 0.6) is 0 Å². The molecular formula is C11H15N3S. The van der Waals surface area contributed by atoms with Crippen LogP contribution in [0, 0.1) is 0 Å². The van der Waals surface area contributed by atoms with E-state index in [1.807, 2.05) is 12.1 Å². The maximum absolute atomic E-state index is 5.53. The number of rotatable bonds is 3. The molecule has 0 saturated heterocycles. The summed E-state index contributed by atoms with van der Waals surface area (Å²) in [4.78, 5) is 4.46. The molecule has 1 saturated carbocycles. The highest BCUT2D eigenvalue weighted by molar-refractivity contribution is 7.80. The highest BCUT2D eigenvalue weighted by Gasteiger charge is 2.14. The molecule has 0 radical (unpaired) electrons. The molecular weight excluding hydrogens is 206 g/mol. The zero-order valence-corrected chi connectivity index (χ0v) is 9.39. The summed E-state index contributed by atoms with van der Waals surface area (Å²) in [5.41, 5.74) is 7.29. The molecule has 0 atom stereocenters.